The fourth-order valence-electron chi connectivity index (χ4n) is 1.53. The van der Waals surface area contributed by atoms with E-state index in [1.54, 1.807) is 11.9 Å². The van der Waals surface area contributed by atoms with Crippen molar-refractivity contribution in [1.29, 1.82) is 0 Å². The first kappa shape index (κ1) is 15.7. The van der Waals surface area contributed by atoms with Gasteiger partial charge in [-0.25, -0.2) is 0 Å². The van der Waals surface area contributed by atoms with Crippen LogP contribution in [0.3, 0.4) is 0 Å². The molecule has 0 aliphatic rings. The van der Waals surface area contributed by atoms with E-state index < -0.39 is 5.92 Å². The van der Waals surface area contributed by atoms with Gasteiger partial charge in [0.15, 0.2) is 5.84 Å². The van der Waals surface area contributed by atoms with Crippen molar-refractivity contribution in [2.24, 2.45) is 16.8 Å². The third-order valence-electron chi connectivity index (χ3n) is 3.45. The quantitative estimate of drug-likeness (QED) is 0.323. The average molecular weight is 243 g/mol. The molecule has 0 aromatic carbocycles. The van der Waals surface area contributed by atoms with Crippen molar-refractivity contribution in [3.63, 3.8) is 0 Å². The highest BCUT2D eigenvalue weighted by Crippen LogP contribution is 2.21. The van der Waals surface area contributed by atoms with Gasteiger partial charge in [-0.3, -0.25) is 4.79 Å². The highest BCUT2D eigenvalue weighted by Gasteiger charge is 2.32. The van der Waals surface area contributed by atoms with Crippen LogP contribution >= 0.6 is 0 Å². The lowest BCUT2D eigenvalue weighted by atomic mass is 9.95. The fraction of sp³-hybridized carbons (Fsp3) is 0.833. The van der Waals surface area contributed by atoms with Gasteiger partial charge in [0.05, 0.1) is 5.92 Å². The topological polar surface area (TPSA) is 78.9 Å². The molecule has 1 unspecified atom stereocenters. The maximum atomic E-state index is 12.3. The number of amides is 1. The van der Waals surface area contributed by atoms with Crippen molar-refractivity contribution in [1.82, 2.24) is 4.90 Å². The summed E-state index contributed by atoms with van der Waals surface area (Å²) in [5, 5.41) is 11.7. The number of carbonyl (C=O) groups is 1. The zero-order valence-electron chi connectivity index (χ0n) is 11.5. The van der Waals surface area contributed by atoms with Gasteiger partial charge in [-0.2, -0.15) is 0 Å². The summed E-state index contributed by atoms with van der Waals surface area (Å²) in [5.41, 5.74) is 5.36. The van der Waals surface area contributed by atoms with E-state index in [4.69, 9.17) is 10.9 Å². The fourth-order valence-corrected chi connectivity index (χ4v) is 1.53. The summed E-state index contributed by atoms with van der Waals surface area (Å²) in [6.07, 6.45) is 2.26. The second-order valence-corrected chi connectivity index (χ2v) is 4.93. The van der Waals surface area contributed by atoms with E-state index in [0.29, 0.717) is 6.42 Å². The SMILES string of the molecule is CCCC(C(=O)N(C)C(C)(C)CC)C(N)=NO. The molecule has 0 radical (unpaired) electrons. The molecule has 0 spiro atoms. The molecule has 1 atom stereocenters. The number of carbonyl (C=O) groups excluding carboxylic acids is 1. The predicted molar refractivity (Wildman–Crippen MR) is 68.9 cm³/mol. The Morgan fingerprint density at radius 1 is 1.47 bits per heavy atom. The van der Waals surface area contributed by atoms with E-state index in [2.05, 4.69) is 5.16 Å². The summed E-state index contributed by atoms with van der Waals surface area (Å²) in [6.45, 7) is 8.00. The molecule has 0 aliphatic heterocycles. The number of oxime groups is 1. The Balaban J connectivity index is 4.97. The Kier molecular flexibility index (Phi) is 5.99. The van der Waals surface area contributed by atoms with Crippen molar-refractivity contribution < 1.29 is 10.0 Å². The van der Waals surface area contributed by atoms with Gasteiger partial charge in [-0.1, -0.05) is 25.4 Å². The molecule has 1 amide bonds. The Hall–Kier alpha value is -1.26. The first-order valence-corrected chi connectivity index (χ1v) is 6.06. The molecule has 0 bridgehead atoms. The molecule has 0 aromatic heterocycles. The van der Waals surface area contributed by atoms with Gasteiger partial charge in [0.2, 0.25) is 5.91 Å². The maximum Gasteiger partial charge on any atom is 0.233 e. The van der Waals surface area contributed by atoms with Crippen molar-refractivity contribution >= 4 is 11.7 Å². The number of amidine groups is 1. The van der Waals surface area contributed by atoms with E-state index in [1.165, 1.54) is 0 Å². The minimum Gasteiger partial charge on any atom is -0.409 e. The summed E-state index contributed by atoms with van der Waals surface area (Å²) in [6, 6.07) is 0. The third-order valence-corrected chi connectivity index (χ3v) is 3.45. The van der Waals surface area contributed by atoms with Crippen LogP contribution in [-0.4, -0.2) is 34.4 Å². The van der Waals surface area contributed by atoms with Crippen LogP contribution in [0.5, 0.6) is 0 Å². The molecular weight excluding hydrogens is 218 g/mol. The number of hydrogen-bond acceptors (Lipinski definition) is 3. The van der Waals surface area contributed by atoms with Gasteiger partial charge in [0.25, 0.3) is 0 Å². The molecule has 5 nitrogen and oxygen atoms in total. The van der Waals surface area contributed by atoms with Crippen LogP contribution in [0.25, 0.3) is 0 Å². The minimum atomic E-state index is -0.527. The van der Waals surface area contributed by atoms with Crippen LogP contribution in [0.15, 0.2) is 5.16 Å². The Bertz CT molecular complexity index is 287. The standard InChI is InChI=1S/C12H25N3O2/c1-6-8-9(10(13)14-17)11(16)15(5)12(3,4)7-2/h9,17H,6-8H2,1-5H3,(H2,13,14). The van der Waals surface area contributed by atoms with E-state index in [0.717, 1.165) is 12.8 Å². The van der Waals surface area contributed by atoms with Crippen molar-refractivity contribution in [2.45, 2.75) is 52.5 Å². The summed E-state index contributed by atoms with van der Waals surface area (Å²) in [5.74, 6) is -0.620. The number of nitrogens with zero attached hydrogens (tertiary/aromatic N) is 2. The molecule has 5 heteroatoms. The van der Waals surface area contributed by atoms with Gasteiger partial charge >= 0.3 is 0 Å². The molecule has 17 heavy (non-hydrogen) atoms. The molecule has 0 saturated carbocycles. The average Bonchev–Trinajstić information content (AvgIpc) is 2.33. The summed E-state index contributed by atoms with van der Waals surface area (Å²) >= 11 is 0. The van der Waals surface area contributed by atoms with Crippen molar-refractivity contribution in [3.05, 3.63) is 0 Å². The molecule has 3 N–H and O–H groups in total. The monoisotopic (exact) mass is 243 g/mol. The molecule has 0 aliphatic carbocycles. The highest BCUT2D eigenvalue weighted by molar-refractivity contribution is 6.02. The van der Waals surface area contributed by atoms with Crippen LogP contribution in [0.1, 0.15) is 47.0 Å². The van der Waals surface area contributed by atoms with Crippen LogP contribution in [0.2, 0.25) is 0 Å². The van der Waals surface area contributed by atoms with E-state index in [9.17, 15) is 4.79 Å². The third kappa shape index (κ3) is 3.91. The zero-order valence-corrected chi connectivity index (χ0v) is 11.5. The highest BCUT2D eigenvalue weighted by atomic mass is 16.4. The lowest BCUT2D eigenvalue weighted by Gasteiger charge is -2.36. The van der Waals surface area contributed by atoms with Gasteiger partial charge in [-0.15, -0.1) is 0 Å². The Morgan fingerprint density at radius 2 is 2.00 bits per heavy atom. The number of hydrogen-bond donors (Lipinski definition) is 2. The number of rotatable bonds is 6. The molecule has 100 valence electrons. The minimum absolute atomic E-state index is 0.00407. The normalized spacial score (nSPS) is 14.5. The summed E-state index contributed by atoms with van der Waals surface area (Å²) < 4.78 is 0. The van der Waals surface area contributed by atoms with Gasteiger partial charge in [-0.05, 0) is 26.7 Å². The summed E-state index contributed by atoms with van der Waals surface area (Å²) in [7, 11) is 1.76. The Morgan fingerprint density at radius 3 is 2.35 bits per heavy atom. The van der Waals surface area contributed by atoms with E-state index in [-0.39, 0.29) is 17.3 Å². The lowest BCUT2D eigenvalue weighted by Crippen LogP contribution is -2.49. The van der Waals surface area contributed by atoms with E-state index >= 15 is 0 Å². The van der Waals surface area contributed by atoms with Crippen LogP contribution < -0.4 is 5.73 Å². The first-order chi connectivity index (χ1) is 7.81. The first-order valence-electron chi connectivity index (χ1n) is 6.06. The second kappa shape index (κ2) is 6.47. The largest absolute Gasteiger partial charge is 0.409 e. The van der Waals surface area contributed by atoms with E-state index in [1.807, 2.05) is 27.7 Å². The van der Waals surface area contributed by atoms with Crippen molar-refractivity contribution in [3.8, 4) is 0 Å². The van der Waals surface area contributed by atoms with Crippen LogP contribution in [0, 0.1) is 5.92 Å². The zero-order chi connectivity index (χ0) is 13.6. The maximum absolute atomic E-state index is 12.3. The molecular formula is C12H25N3O2. The molecule has 0 aromatic rings. The van der Waals surface area contributed by atoms with Gasteiger partial charge in [0.1, 0.15) is 0 Å². The molecule has 0 saturated heterocycles. The Labute approximate surface area is 104 Å². The van der Waals surface area contributed by atoms with Gasteiger partial charge < -0.3 is 15.8 Å². The smallest absolute Gasteiger partial charge is 0.233 e. The molecule has 0 heterocycles. The number of nitrogens with two attached hydrogens (primary N) is 1. The van der Waals surface area contributed by atoms with Crippen LogP contribution in [0.4, 0.5) is 0 Å². The predicted octanol–water partition coefficient (Wildman–Crippen LogP) is 1.80. The van der Waals surface area contributed by atoms with Crippen LogP contribution in [-0.2, 0) is 4.79 Å². The van der Waals surface area contributed by atoms with Gasteiger partial charge in [0, 0.05) is 12.6 Å². The summed E-state index contributed by atoms with van der Waals surface area (Å²) in [4.78, 5) is 14.0. The second-order valence-electron chi connectivity index (χ2n) is 4.93. The molecule has 0 rings (SSSR count). The molecule has 0 fully saturated rings. The lowest BCUT2D eigenvalue weighted by molar-refractivity contribution is -0.137. The van der Waals surface area contributed by atoms with Crippen molar-refractivity contribution in [2.75, 3.05) is 7.05 Å².